The number of benzene rings is 2. The third kappa shape index (κ3) is 7.92. The highest BCUT2D eigenvalue weighted by Gasteiger charge is 2.32. The summed E-state index contributed by atoms with van der Waals surface area (Å²) in [6.07, 6.45) is 3.85. The number of nitrogens with zero attached hydrogens (tertiary/aromatic N) is 4. The molecule has 9 nitrogen and oxygen atoms in total. The largest absolute Gasteiger partial charge is 0.286 e. The Labute approximate surface area is 290 Å². The predicted molar refractivity (Wildman–Crippen MR) is 188 cm³/mol. The van der Waals surface area contributed by atoms with Crippen molar-refractivity contribution in [3.63, 3.8) is 0 Å². The second-order valence-corrected chi connectivity index (χ2v) is 15.7. The first kappa shape index (κ1) is 33.7. The number of thiophene rings is 1. The van der Waals surface area contributed by atoms with Crippen LogP contribution in [0.25, 0.3) is 16.3 Å². The van der Waals surface area contributed by atoms with E-state index in [0.717, 1.165) is 59.7 Å². The summed E-state index contributed by atoms with van der Waals surface area (Å²) in [6, 6.07) is 16.9. The number of hydrogen-bond acceptors (Lipinski definition) is 6. The van der Waals surface area contributed by atoms with Gasteiger partial charge in [-0.15, -0.1) is 11.3 Å². The number of nitrogens with one attached hydrogen (secondary N) is 2. The van der Waals surface area contributed by atoms with E-state index >= 15 is 0 Å². The van der Waals surface area contributed by atoms with Gasteiger partial charge in [-0.05, 0) is 74.6 Å². The molecule has 2 aromatic carbocycles. The Morgan fingerprint density at radius 2 is 1.79 bits per heavy atom. The molecular formula is C34H36Cl2N6O3S2. The lowest BCUT2D eigenvalue weighted by molar-refractivity contribution is 0.0743. The average Bonchev–Trinajstić information content (AvgIpc) is 3.79. The Bertz CT molecular complexity index is 1940. The molecule has 0 radical (unpaired) electrons. The van der Waals surface area contributed by atoms with E-state index < -0.39 is 16.1 Å². The maximum atomic E-state index is 13.9. The number of aryl methyl sites for hydroxylation is 1. The summed E-state index contributed by atoms with van der Waals surface area (Å²) in [7, 11) is -3.82. The number of hydrazine groups is 1. The maximum absolute atomic E-state index is 13.9. The molecule has 2 fully saturated rings. The van der Waals surface area contributed by atoms with Gasteiger partial charge in [-0.2, -0.15) is 22.5 Å². The monoisotopic (exact) mass is 710 g/mol. The van der Waals surface area contributed by atoms with E-state index in [2.05, 4.69) is 22.0 Å². The molecule has 2 N–H and O–H groups in total. The molecule has 246 valence electrons. The molecule has 4 aromatic rings. The fraction of sp³-hybridized carbons (Fsp3) is 0.353. The number of carbonyl (C=O) groups excluding carboxylic acids is 1. The summed E-state index contributed by atoms with van der Waals surface area (Å²) in [5.74, 6) is 6.31. The predicted octanol–water partition coefficient (Wildman–Crippen LogP) is 6.42. The van der Waals surface area contributed by atoms with Crippen LogP contribution in [-0.2, 0) is 16.8 Å². The van der Waals surface area contributed by atoms with Gasteiger partial charge in [-0.3, -0.25) is 10.2 Å². The zero-order valence-corrected chi connectivity index (χ0v) is 29.4. The Hall–Kier alpha value is -3.21. The van der Waals surface area contributed by atoms with Crippen LogP contribution in [0.1, 0.15) is 64.7 Å². The lowest BCUT2D eigenvalue weighted by Crippen LogP contribution is -2.45. The Kier molecular flexibility index (Phi) is 10.4. The van der Waals surface area contributed by atoms with Crippen molar-refractivity contribution in [2.45, 2.75) is 46.1 Å². The normalized spacial score (nSPS) is 17.4. The first-order chi connectivity index (χ1) is 22.6. The highest BCUT2D eigenvalue weighted by molar-refractivity contribution is 7.87. The third-order valence-electron chi connectivity index (χ3n) is 8.33. The number of aromatic nitrogens is 2. The first-order valence-electron chi connectivity index (χ1n) is 15.6. The van der Waals surface area contributed by atoms with Crippen LogP contribution in [0.15, 0.2) is 54.6 Å². The number of hydrogen-bond donors (Lipinski definition) is 2. The highest BCUT2D eigenvalue weighted by Crippen LogP contribution is 2.37. The Balaban J connectivity index is 1.45. The molecule has 1 amide bonds. The van der Waals surface area contributed by atoms with E-state index in [1.54, 1.807) is 22.9 Å². The number of piperidine rings is 1. The van der Waals surface area contributed by atoms with Crippen molar-refractivity contribution in [1.29, 1.82) is 0 Å². The molecule has 1 atom stereocenters. The second kappa shape index (κ2) is 14.5. The number of amides is 1. The molecule has 2 aliphatic rings. The standard InChI is InChI=1S/C34H36Cl2N6O3S2/c1-23-6-8-25(9-7-23)10-12-27-13-15-31(46-27)33-28(21-37-47(44,45)41-19-16-24(2)22-41)32(34(43)39-40-17-4-3-5-18-40)38-42(33)30-14-11-26(35)20-29(30)36/h6-9,11,13-15,20,24,37H,3-5,16-19,21-22H2,1-2H3,(H,39,43)/t24-/m0/s1. The molecule has 0 bridgehead atoms. The van der Waals surface area contributed by atoms with E-state index in [4.69, 9.17) is 28.3 Å². The van der Waals surface area contributed by atoms with Crippen molar-refractivity contribution in [2.75, 3.05) is 26.2 Å². The molecule has 2 saturated heterocycles. The second-order valence-electron chi connectivity index (χ2n) is 12.0. The number of rotatable bonds is 8. The number of carbonyl (C=O) groups is 1. The van der Waals surface area contributed by atoms with Crippen LogP contribution in [0, 0.1) is 24.7 Å². The van der Waals surface area contributed by atoms with Gasteiger partial charge in [-0.25, -0.2) is 9.69 Å². The highest BCUT2D eigenvalue weighted by atomic mass is 35.5. The van der Waals surface area contributed by atoms with Crippen LogP contribution in [0.2, 0.25) is 10.0 Å². The fourth-order valence-corrected chi connectivity index (χ4v) is 8.47. The van der Waals surface area contributed by atoms with Gasteiger partial charge in [0.15, 0.2) is 5.69 Å². The van der Waals surface area contributed by atoms with Crippen molar-refractivity contribution < 1.29 is 13.2 Å². The van der Waals surface area contributed by atoms with Gasteiger partial charge >= 0.3 is 0 Å². The lowest BCUT2D eigenvalue weighted by Gasteiger charge is -2.26. The SMILES string of the molecule is Cc1ccc(C#Cc2ccc(-c3c(CNS(=O)(=O)N4CC[C@H](C)C4)c(C(=O)NN4CCCCC4)nn3-c3ccc(Cl)cc3Cl)s2)cc1. The zero-order chi connectivity index (χ0) is 33.1. The van der Waals surface area contributed by atoms with Crippen molar-refractivity contribution in [1.82, 2.24) is 29.2 Å². The maximum Gasteiger partial charge on any atom is 0.286 e. The van der Waals surface area contributed by atoms with Crippen LogP contribution in [0.4, 0.5) is 0 Å². The minimum absolute atomic E-state index is 0.106. The van der Waals surface area contributed by atoms with Crippen molar-refractivity contribution in [2.24, 2.45) is 5.92 Å². The topological polar surface area (TPSA) is 99.6 Å². The minimum atomic E-state index is -3.82. The summed E-state index contributed by atoms with van der Waals surface area (Å²) >= 11 is 14.4. The zero-order valence-electron chi connectivity index (χ0n) is 26.2. The van der Waals surface area contributed by atoms with Gasteiger partial charge in [0.05, 0.1) is 26.2 Å². The summed E-state index contributed by atoms with van der Waals surface area (Å²) < 4.78 is 32.7. The van der Waals surface area contributed by atoms with Crippen molar-refractivity contribution in [3.05, 3.63) is 91.9 Å². The quantitative estimate of drug-likeness (QED) is 0.206. The molecule has 2 aromatic heterocycles. The molecule has 13 heteroatoms. The average molecular weight is 712 g/mol. The van der Waals surface area contributed by atoms with Gasteiger partial charge in [0.1, 0.15) is 0 Å². The Morgan fingerprint density at radius 3 is 2.49 bits per heavy atom. The van der Waals surface area contributed by atoms with Crippen LogP contribution < -0.4 is 10.1 Å². The lowest BCUT2D eigenvalue weighted by atomic mass is 10.1. The smallest absolute Gasteiger partial charge is 0.283 e. The van der Waals surface area contributed by atoms with Crippen molar-refractivity contribution >= 4 is 50.7 Å². The molecule has 0 spiro atoms. The van der Waals surface area contributed by atoms with E-state index in [-0.39, 0.29) is 18.2 Å². The molecule has 2 aliphatic heterocycles. The van der Waals surface area contributed by atoms with Crippen LogP contribution in [-0.4, -0.2) is 59.6 Å². The summed E-state index contributed by atoms with van der Waals surface area (Å²) in [5.41, 5.74) is 6.64. The van der Waals surface area contributed by atoms with Crippen LogP contribution in [0.3, 0.4) is 0 Å². The summed E-state index contributed by atoms with van der Waals surface area (Å²) in [5, 5.41) is 7.48. The van der Waals surface area contributed by atoms with Gasteiger partial charge in [0.25, 0.3) is 16.1 Å². The first-order valence-corrected chi connectivity index (χ1v) is 18.7. The molecule has 47 heavy (non-hydrogen) atoms. The molecule has 0 aliphatic carbocycles. The Morgan fingerprint density at radius 1 is 1.02 bits per heavy atom. The van der Waals surface area contributed by atoms with Gasteiger partial charge < -0.3 is 0 Å². The molecular weight excluding hydrogens is 675 g/mol. The van der Waals surface area contributed by atoms with Crippen molar-refractivity contribution in [3.8, 4) is 28.1 Å². The van der Waals surface area contributed by atoms with Gasteiger partial charge in [0, 0.05) is 48.9 Å². The summed E-state index contributed by atoms with van der Waals surface area (Å²) in [4.78, 5) is 15.5. The van der Waals surface area contributed by atoms with E-state index in [1.807, 2.05) is 55.3 Å². The number of halogens is 2. The fourth-order valence-electron chi connectivity index (χ4n) is 5.75. The third-order valence-corrected chi connectivity index (χ3v) is 11.4. The van der Waals surface area contributed by atoms with Gasteiger partial charge in [-0.1, -0.05) is 66.1 Å². The molecule has 0 saturated carbocycles. The molecule has 4 heterocycles. The molecule has 6 rings (SSSR count). The minimum Gasteiger partial charge on any atom is -0.283 e. The molecule has 0 unspecified atom stereocenters. The van der Waals surface area contributed by atoms with E-state index in [9.17, 15) is 13.2 Å². The van der Waals surface area contributed by atoms with Crippen LogP contribution >= 0.6 is 34.5 Å². The van der Waals surface area contributed by atoms with E-state index in [1.165, 1.54) is 15.6 Å². The van der Waals surface area contributed by atoms with Gasteiger partial charge in [0.2, 0.25) is 0 Å². The van der Waals surface area contributed by atoms with E-state index in [0.29, 0.717) is 40.1 Å². The summed E-state index contributed by atoms with van der Waals surface area (Å²) in [6.45, 7) is 6.25. The van der Waals surface area contributed by atoms with Crippen LogP contribution in [0.5, 0.6) is 0 Å².